The number of hydrogen-bond acceptors (Lipinski definition) is 4. The molecule has 2 heterocycles. The molecule has 108 valence electrons. The van der Waals surface area contributed by atoms with Crippen molar-refractivity contribution in [1.82, 2.24) is 14.4 Å². The SMILES string of the molecule is COc1cc(Cl)c(-c2c(F)ncc3nccn23)cc1OC. The quantitative estimate of drug-likeness (QED) is 0.745. The third-order valence-corrected chi connectivity index (χ3v) is 3.44. The summed E-state index contributed by atoms with van der Waals surface area (Å²) in [5.41, 5.74) is 1.19. The van der Waals surface area contributed by atoms with E-state index in [0.29, 0.717) is 27.7 Å². The van der Waals surface area contributed by atoms with Gasteiger partial charge in [-0.3, -0.25) is 4.40 Å². The van der Waals surface area contributed by atoms with Crippen molar-refractivity contribution in [2.24, 2.45) is 0 Å². The van der Waals surface area contributed by atoms with Crippen molar-refractivity contribution in [1.29, 1.82) is 0 Å². The Balaban J connectivity index is 2.32. The van der Waals surface area contributed by atoms with E-state index in [0.717, 1.165) is 0 Å². The van der Waals surface area contributed by atoms with Crippen LogP contribution in [0.25, 0.3) is 16.9 Å². The van der Waals surface area contributed by atoms with E-state index >= 15 is 0 Å². The molecule has 0 spiro atoms. The Labute approximate surface area is 124 Å². The van der Waals surface area contributed by atoms with E-state index in [2.05, 4.69) is 9.97 Å². The summed E-state index contributed by atoms with van der Waals surface area (Å²) in [6, 6.07) is 3.19. The van der Waals surface area contributed by atoms with Gasteiger partial charge < -0.3 is 9.47 Å². The number of nitrogens with zero attached hydrogens (tertiary/aromatic N) is 3. The van der Waals surface area contributed by atoms with Crippen LogP contribution < -0.4 is 9.47 Å². The molecule has 21 heavy (non-hydrogen) atoms. The number of methoxy groups -OCH3 is 2. The van der Waals surface area contributed by atoms with E-state index in [9.17, 15) is 4.39 Å². The molecule has 2 aromatic heterocycles. The average molecular weight is 308 g/mol. The van der Waals surface area contributed by atoms with Crippen LogP contribution in [0.3, 0.4) is 0 Å². The highest BCUT2D eigenvalue weighted by atomic mass is 35.5. The highest BCUT2D eigenvalue weighted by molar-refractivity contribution is 6.33. The Morgan fingerprint density at radius 1 is 1.14 bits per heavy atom. The Bertz CT molecular complexity index is 819. The lowest BCUT2D eigenvalue weighted by atomic mass is 10.1. The Morgan fingerprint density at radius 3 is 2.57 bits per heavy atom. The van der Waals surface area contributed by atoms with Crippen LogP contribution in [0, 0.1) is 5.95 Å². The van der Waals surface area contributed by atoms with Crippen LogP contribution >= 0.6 is 11.6 Å². The molecule has 0 bridgehead atoms. The van der Waals surface area contributed by atoms with E-state index in [1.807, 2.05) is 0 Å². The van der Waals surface area contributed by atoms with Gasteiger partial charge in [0.1, 0.15) is 5.69 Å². The second-order valence-electron chi connectivity index (χ2n) is 4.24. The fraction of sp³-hybridized carbons (Fsp3) is 0.143. The summed E-state index contributed by atoms with van der Waals surface area (Å²) in [5, 5.41) is 0.328. The van der Waals surface area contributed by atoms with Crippen LogP contribution in [0.15, 0.2) is 30.7 Å². The summed E-state index contributed by atoms with van der Waals surface area (Å²) in [7, 11) is 3.01. The summed E-state index contributed by atoms with van der Waals surface area (Å²) < 4.78 is 26.2. The molecule has 7 heteroatoms. The van der Waals surface area contributed by atoms with Crippen molar-refractivity contribution in [2.75, 3.05) is 14.2 Å². The zero-order chi connectivity index (χ0) is 15.0. The monoisotopic (exact) mass is 307 g/mol. The predicted molar refractivity (Wildman–Crippen MR) is 76.5 cm³/mol. The Kier molecular flexibility index (Phi) is 3.39. The first-order valence-electron chi connectivity index (χ1n) is 6.05. The van der Waals surface area contributed by atoms with E-state index in [1.54, 1.807) is 28.9 Å². The minimum Gasteiger partial charge on any atom is -0.493 e. The number of imidazole rings is 1. The van der Waals surface area contributed by atoms with Crippen LogP contribution in [-0.4, -0.2) is 28.6 Å². The van der Waals surface area contributed by atoms with Gasteiger partial charge in [-0.15, -0.1) is 0 Å². The predicted octanol–water partition coefficient (Wildman–Crippen LogP) is 3.21. The molecular weight excluding hydrogens is 297 g/mol. The summed E-state index contributed by atoms with van der Waals surface area (Å²) in [4.78, 5) is 7.80. The molecule has 0 amide bonds. The molecule has 0 unspecified atom stereocenters. The minimum atomic E-state index is -0.644. The first-order chi connectivity index (χ1) is 10.2. The lowest BCUT2D eigenvalue weighted by Gasteiger charge is -2.13. The first kappa shape index (κ1) is 13.6. The molecule has 0 atom stereocenters. The van der Waals surface area contributed by atoms with Crippen LogP contribution in [0.4, 0.5) is 4.39 Å². The maximum absolute atomic E-state index is 14.2. The van der Waals surface area contributed by atoms with Gasteiger partial charge >= 0.3 is 0 Å². The van der Waals surface area contributed by atoms with Crippen LogP contribution in [0.2, 0.25) is 5.02 Å². The number of benzene rings is 1. The van der Waals surface area contributed by atoms with Crippen molar-refractivity contribution in [3.8, 4) is 22.8 Å². The fourth-order valence-corrected chi connectivity index (χ4v) is 2.39. The topological polar surface area (TPSA) is 48.7 Å². The van der Waals surface area contributed by atoms with Crippen LogP contribution in [-0.2, 0) is 0 Å². The summed E-state index contributed by atoms with van der Waals surface area (Å²) in [5.74, 6) is 0.278. The molecule has 0 N–H and O–H groups in total. The highest BCUT2D eigenvalue weighted by Gasteiger charge is 2.18. The molecule has 0 fully saturated rings. The maximum atomic E-state index is 14.2. The second-order valence-corrected chi connectivity index (χ2v) is 4.65. The minimum absolute atomic E-state index is 0.218. The molecule has 0 saturated carbocycles. The van der Waals surface area contributed by atoms with Gasteiger partial charge in [-0.2, -0.15) is 4.39 Å². The lowest BCUT2D eigenvalue weighted by molar-refractivity contribution is 0.355. The van der Waals surface area contributed by atoms with Gasteiger partial charge in [0.15, 0.2) is 17.1 Å². The molecule has 3 rings (SSSR count). The van der Waals surface area contributed by atoms with Gasteiger partial charge in [0.2, 0.25) is 5.95 Å². The van der Waals surface area contributed by atoms with Gasteiger partial charge in [-0.05, 0) is 6.07 Å². The van der Waals surface area contributed by atoms with Crippen molar-refractivity contribution < 1.29 is 13.9 Å². The third-order valence-electron chi connectivity index (χ3n) is 3.13. The van der Waals surface area contributed by atoms with E-state index in [1.165, 1.54) is 20.4 Å². The number of fused-ring (bicyclic) bond motifs is 1. The average Bonchev–Trinajstić information content (AvgIpc) is 2.96. The summed E-state index contributed by atoms with van der Waals surface area (Å²) in [6.45, 7) is 0. The maximum Gasteiger partial charge on any atom is 0.237 e. The number of halogens is 2. The molecular formula is C14H11ClFN3O2. The second kappa shape index (κ2) is 5.21. The fourth-order valence-electron chi connectivity index (χ4n) is 2.15. The first-order valence-corrected chi connectivity index (χ1v) is 6.43. The standard InChI is InChI=1S/C14H11ClFN3O2/c1-20-10-5-8(9(15)6-11(10)21-2)13-14(16)18-7-12-17-3-4-19(12)13/h3-7H,1-2H3. The molecule has 0 radical (unpaired) electrons. The summed E-state index contributed by atoms with van der Waals surface area (Å²) >= 11 is 6.25. The van der Waals surface area contributed by atoms with Crippen LogP contribution in [0.1, 0.15) is 0 Å². The van der Waals surface area contributed by atoms with Gasteiger partial charge in [-0.1, -0.05) is 11.6 Å². The van der Waals surface area contributed by atoms with Crippen molar-refractivity contribution in [3.63, 3.8) is 0 Å². The Hall–Kier alpha value is -2.34. The molecule has 3 aromatic rings. The molecule has 0 saturated heterocycles. The normalized spacial score (nSPS) is 10.9. The van der Waals surface area contributed by atoms with Gasteiger partial charge in [-0.25, -0.2) is 9.97 Å². The largest absolute Gasteiger partial charge is 0.493 e. The van der Waals surface area contributed by atoms with Gasteiger partial charge in [0.05, 0.1) is 25.4 Å². The molecule has 0 aliphatic rings. The van der Waals surface area contributed by atoms with Gasteiger partial charge in [0.25, 0.3) is 0 Å². The number of hydrogen-bond donors (Lipinski definition) is 0. The van der Waals surface area contributed by atoms with Crippen molar-refractivity contribution in [3.05, 3.63) is 41.7 Å². The molecule has 1 aromatic carbocycles. The number of rotatable bonds is 3. The van der Waals surface area contributed by atoms with Crippen molar-refractivity contribution >= 4 is 17.2 Å². The zero-order valence-electron chi connectivity index (χ0n) is 11.3. The van der Waals surface area contributed by atoms with E-state index in [4.69, 9.17) is 21.1 Å². The smallest absolute Gasteiger partial charge is 0.237 e. The van der Waals surface area contributed by atoms with Gasteiger partial charge in [0, 0.05) is 24.0 Å². The highest BCUT2D eigenvalue weighted by Crippen LogP contribution is 2.38. The van der Waals surface area contributed by atoms with Crippen molar-refractivity contribution in [2.45, 2.75) is 0 Å². The van der Waals surface area contributed by atoms with E-state index in [-0.39, 0.29) is 5.69 Å². The summed E-state index contributed by atoms with van der Waals surface area (Å²) in [6.07, 6.45) is 4.56. The van der Waals surface area contributed by atoms with E-state index < -0.39 is 5.95 Å². The third kappa shape index (κ3) is 2.17. The molecule has 5 nitrogen and oxygen atoms in total. The number of ether oxygens (including phenoxy) is 2. The molecule has 0 aliphatic carbocycles. The van der Waals surface area contributed by atoms with Crippen LogP contribution in [0.5, 0.6) is 11.5 Å². The Morgan fingerprint density at radius 2 is 1.86 bits per heavy atom. The molecule has 0 aliphatic heterocycles. The lowest BCUT2D eigenvalue weighted by Crippen LogP contribution is -2.00. The zero-order valence-corrected chi connectivity index (χ0v) is 12.1. The number of aromatic nitrogens is 3.